The molecule has 0 unspecified atom stereocenters. The highest BCUT2D eigenvalue weighted by Gasteiger charge is 2.30. The SMILES string of the molecule is CCc1nn(C)c2c1CN(C(=NC=N)c1nc(C)[nH]c1C1CCOCC1)CC2. The van der Waals surface area contributed by atoms with E-state index < -0.39 is 0 Å². The number of hydrogen-bond acceptors (Lipinski definition) is 4. The molecule has 2 aromatic heterocycles. The maximum Gasteiger partial charge on any atom is 0.158 e. The smallest absolute Gasteiger partial charge is 0.158 e. The highest BCUT2D eigenvalue weighted by atomic mass is 16.5. The van der Waals surface area contributed by atoms with Gasteiger partial charge in [0, 0.05) is 62.6 Å². The van der Waals surface area contributed by atoms with E-state index in [0.29, 0.717) is 5.92 Å². The summed E-state index contributed by atoms with van der Waals surface area (Å²) in [5.74, 6) is 2.07. The third-order valence-corrected chi connectivity index (χ3v) is 5.84. The molecule has 2 aliphatic heterocycles. The number of ether oxygens (including phenoxy) is 1. The number of amidine groups is 1. The summed E-state index contributed by atoms with van der Waals surface area (Å²) in [5.41, 5.74) is 5.78. The second kappa shape index (κ2) is 7.87. The van der Waals surface area contributed by atoms with E-state index >= 15 is 0 Å². The van der Waals surface area contributed by atoms with Gasteiger partial charge >= 0.3 is 0 Å². The molecule has 0 radical (unpaired) electrons. The van der Waals surface area contributed by atoms with Crippen LogP contribution in [0.2, 0.25) is 0 Å². The molecule has 4 rings (SSSR count). The first-order chi connectivity index (χ1) is 13.6. The lowest BCUT2D eigenvalue weighted by Crippen LogP contribution is -2.38. The van der Waals surface area contributed by atoms with Gasteiger partial charge in [-0.15, -0.1) is 0 Å². The molecule has 2 aliphatic rings. The van der Waals surface area contributed by atoms with E-state index in [0.717, 1.165) is 87.1 Å². The van der Waals surface area contributed by atoms with E-state index in [9.17, 15) is 0 Å². The van der Waals surface area contributed by atoms with Crippen LogP contribution in [0.5, 0.6) is 0 Å². The molecular weight excluding hydrogens is 354 g/mol. The van der Waals surface area contributed by atoms with Crippen LogP contribution >= 0.6 is 0 Å². The number of imidazole rings is 1. The summed E-state index contributed by atoms with van der Waals surface area (Å²) >= 11 is 0. The minimum Gasteiger partial charge on any atom is -0.381 e. The molecule has 150 valence electrons. The molecule has 2 N–H and O–H groups in total. The summed E-state index contributed by atoms with van der Waals surface area (Å²) in [6.07, 6.45) is 4.94. The van der Waals surface area contributed by atoms with Crippen LogP contribution in [-0.4, -0.2) is 56.6 Å². The minimum absolute atomic E-state index is 0.394. The second-order valence-electron chi connectivity index (χ2n) is 7.57. The Balaban J connectivity index is 1.69. The average Bonchev–Trinajstić information content (AvgIpc) is 3.26. The zero-order valence-electron chi connectivity index (χ0n) is 17.0. The van der Waals surface area contributed by atoms with Gasteiger partial charge < -0.3 is 14.6 Å². The number of fused-ring (bicyclic) bond motifs is 1. The van der Waals surface area contributed by atoms with Crippen LogP contribution < -0.4 is 0 Å². The predicted molar refractivity (Wildman–Crippen MR) is 108 cm³/mol. The Kier molecular flexibility index (Phi) is 5.30. The fourth-order valence-corrected chi connectivity index (χ4v) is 4.45. The molecule has 8 heteroatoms. The van der Waals surface area contributed by atoms with Gasteiger partial charge in [-0.05, 0) is 26.2 Å². The fourth-order valence-electron chi connectivity index (χ4n) is 4.45. The molecule has 0 saturated carbocycles. The zero-order chi connectivity index (χ0) is 19.7. The molecule has 0 bridgehead atoms. The average molecular weight is 384 g/mol. The van der Waals surface area contributed by atoms with Gasteiger partial charge in [0.05, 0.1) is 5.69 Å². The molecular formula is C20H29N7O. The normalized spacial score (nSPS) is 18.4. The standard InChI is InChI=1S/C20H29N7O/c1-4-16-15-11-27(8-5-17(15)26(3)25-16)20(22-12-21)19-18(23-13(2)24-19)14-6-9-28-10-7-14/h12,14,21H,4-11H2,1-3H3,(H,23,24). The van der Waals surface area contributed by atoms with E-state index in [-0.39, 0.29) is 0 Å². The first-order valence-corrected chi connectivity index (χ1v) is 10.1. The first kappa shape index (κ1) is 18.9. The van der Waals surface area contributed by atoms with E-state index in [4.69, 9.17) is 15.1 Å². The topological polar surface area (TPSA) is 95.2 Å². The Labute approximate surface area is 165 Å². The number of hydrogen-bond donors (Lipinski definition) is 2. The highest BCUT2D eigenvalue weighted by Crippen LogP contribution is 2.30. The predicted octanol–water partition coefficient (Wildman–Crippen LogP) is 2.32. The van der Waals surface area contributed by atoms with Gasteiger partial charge in [0.1, 0.15) is 17.9 Å². The van der Waals surface area contributed by atoms with Crippen molar-refractivity contribution in [3.05, 3.63) is 34.2 Å². The molecule has 8 nitrogen and oxygen atoms in total. The van der Waals surface area contributed by atoms with Gasteiger partial charge in [-0.1, -0.05) is 6.92 Å². The molecule has 0 atom stereocenters. The van der Waals surface area contributed by atoms with Gasteiger partial charge in [0.25, 0.3) is 0 Å². The van der Waals surface area contributed by atoms with Gasteiger partial charge in [-0.25, -0.2) is 9.98 Å². The van der Waals surface area contributed by atoms with Crippen molar-refractivity contribution in [3.8, 4) is 0 Å². The van der Waals surface area contributed by atoms with Crippen molar-refractivity contribution >= 4 is 12.2 Å². The lowest BCUT2D eigenvalue weighted by Gasteiger charge is -2.31. The van der Waals surface area contributed by atoms with Crippen LogP contribution in [0.15, 0.2) is 4.99 Å². The lowest BCUT2D eigenvalue weighted by atomic mass is 9.94. The molecule has 0 amide bonds. The van der Waals surface area contributed by atoms with Crippen molar-refractivity contribution in [2.24, 2.45) is 12.0 Å². The largest absolute Gasteiger partial charge is 0.381 e. The quantitative estimate of drug-likeness (QED) is 0.626. The third-order valence-electron chi connectivity index (χ3n) is 5.84. The minimum atomic E-state index is 0.394. The maximum atomic E-state index is 7.64. The Morgan fingerprint density at radius 2 is 2.18 bits per heavy atom. The first-order valence-electron chi connectivity index (χ1n) is 10.1. The summed E-state index contributed by atoms with van der Waals surface area (Å²) in [6.45, 7) is 7.30. The van der Waals surface area contributed by atoms with E-state index in [1.54, 1.807) is 0 Å². The van der Waals surface area contributed by atoms with Gasteiger partial charge in [0.2, 0.25) is 0 Å². The van der Waals surface area contributed by atoms with Crippen molar-refractivity contribution in [3.63, 3.8) is 0 Å². The lowest BCUT2D eigenvalue weighted by molar-refractivity contribution is 0.0845. The van der Waals surface area contributed by atoms with Gasteiger partial charge in [-0.3, -0.25) is 10.1 Å². The monoisotopic (exact) mass is 383 g/mol. The summed E-state index contributed by atoms with van der Waals surface area (Å²) in [4.78, 5) is 15.0. The molecule has 4 heterocycles. The summed E-state index contributed by atoms with van der Waals surface area (Å²) in [6, 6.07) is 0. The second-order valence-corrected chi connectivity index (χ2v) is 7.57. The molecule has 1 saturated heterocycles. The number of nitrogens with zero attached hydrogens (tertiary/aromatic N) is 5. The highest BCUT2D eigenvalue weighted by molar-refractivity contribution is 6.01. The number of aliphatic imine (C=N–C) groups is 1. The van der Waals surface area contributed by atoms with Crippen LogP contribution in [0.3, 0.4) is 0 Å². The van der Waals surface area contributed by atoms with Crippen LogP contribution in [0.1, 0.15) is 59.8 Å². The molecule has 1 fully saturated rings. The van der Waals surface area contributed by atoms with Crippen molar-refractivity contribution < 1.29 is 4.74 Å². The van der Waals surface area contributed by atoms with Gasteiger partial charge in [0.15, 0.2) is 5.84 Å². The Hall–Kier alpha value is -2.48. The van der Waals surface area contributed by atoms with Crippen molar-refractivity contribution in [2.45, 2.75) is 52.0 Å². The van der Waals surface area contributed by atoms with Crippen LogP contribution in [0, 0.1) is 12.3 Å². The molecule has 0 aromatic carbocycles. The number of aromatic nitrogens is 4. The zero-order valence-corrected chi connectivity index (χ0v) is 17.0. The van der Waals surface area contributed by atoms with Crippen molar-refractivity contribution in [2.75, 3.05) is 19.8 Å². The summed E-state index contributed by atoms with van der Waals surface area (Å²) < 4.78 is 7.56. The van der Waals surface area contributed by atoms with Crippen LogP contribution in [-0.2, 0) is 31.2 Å². The van der Waals surface area contributed by atoms with E-state index in [1.165, 1.54) is 11.3 Å². The Morgan fingerprint density at radius 1 is 1.39 bits per heavy atom. The van der Waals surface area contributed by atoms with Crippen LogP contribution in [0.25, 0.3) is 0 Å². The Bertz CT molecular complexity index is 889. The number of rotatable bonds is 4. The van der Waals surface area contributed by atoms with E-state index in [1.807, 2.05) is 18.7 Å². The third kappa shape index (κ3) is 3.37. The molecule has 0 spiro atoms. The Morgan fingerprint density at radius 3 is 2.89 bits per heavy atom. The fraction of sp³-hybridized carbons (Fsp3) is 0.600. The molecule has 28 heavy (non-hydrogen) atoms. The summed E-state index contributed by atoms with van der Waals surface area (Å²) in [5, 5.41) is 12.3. The maximum absolute atomic E-state index is 7.64. The molecule has 0 aliphatic carbocycles. The van der Waals surface area contributed by atoms with Crippen molar-refractivity contribution in [1.82, 2.24) is 24.6 Å². The number of aromatic amines is 1. The van der Waals surface area contributed by atoms with Crippen molar-refractivity contribution in [1.29, 1.82) is 5.41 Å². The number of aryl methyl sites for hydroxylation is 3. The molecule has 2 aromatic rings. The summed E-state index contributed by atoms with van der Waals surface area (Å²) in [7, 11) is 2.03. The van der Waals surface area contributed by atoms with E-state index in [2.05, 4.69) is 26.9 Å². The number of nitrogens with one attached hydrogen (secondary N) is 2. The van der Waals surface area contributed by atoms with Crippen LogP contribution in [0.4, 0.5) is 0 Å². The van der Waals surface area contributed by atoms with Gasteiger partial charge in [-0.2, -0.15) is 5.10 Å². The number of H-pyrrole nitrogens is 1.